The van der Waals surface area contributed by atoms with Crippen LogP contribution in [0.1, 0.15) is 24.1 Å². The van der Waals surface area contributed by atoms with Crippen molar-refractivity contribution in [2.24, 2.45) is 0 Å². The molecular formula is C30H27NO4S. The molecule has 0 bridgehead atoms. The number of rotatable bonds is 6. The molecule has 0 unspecified atom stereocenters. The van der Waals surface area contributed by atoms with Crippen LogP contribution in [-0.4, -0.2) is 31.8 Å². The summed E-state index contributed by atoms with van der Waals surface area (Å²) in [6.45, 7) is 3.95. The number of fused-ring (bicyclic) bond motifs is 1. The Bertz CT molecular complexity index is 1570. The fourth-order valence-corrected chi connectivity index (χ4v) is 6.34. The Balaban J connectivity index is 1.70. The van der Waals surface area contributed by atoms with Crippen molar-refractivity contribution >= 4 is 26.8 Å². The molecule has 1 aliphatic rings. The molecule has 1 atom stereocenters. The first-order chi connectivity index (χ1) is 17.4. The summed E-state index contributed by atoms with van der Waals surface area (Å²) in [7, 11) is -3.90. The van der Waals surface area contributed by atoms with Crippen LogP contribution in [0.5, 0.6) is 0 Å². The van der Waals surface area contributed by atoms with E-state index in [9.17, 15) is 13.2 Å². The van der Waals surface area contributed by atoms with Gasteiger partial charge in [0, 0.05) is 6.54 Å². The van der Waals surface area contributed by atoms with Crippen molar-refractivity contribution < 1.29 is 17.9 Å². The van der Waals surface area contributed by atoms with Crippen LogP contribution in [0.15, 0.2) is 108 Å². The molecule has 0 saturated heterocycles. The van der Waals surface area contributed by atoms with Crippen LogP contribution < -0.4 is 0 Å². The quantitative estimate of drug-likeness (QED) is 0.304. The van der Waals surface area contributed by atoms with Crippen molar-refractivity contribution in [2.45, 2.75) is 24.8 Å². The first-order valence-electron chi connectivity index (χ1n) is 11.9. The van der Waals surface area contributed by atoms with Gasteiger partial charge < -0.3 is 4.74 Å². The number of sulfonamides is 1. The Labute approximate surface area is 211 Å². The number of aryl methyl sites for hydroxylation is 1. The Morgan fingerprint density at radius 3 is 2.33 bits per heavy atom. The standard InChI is InChI=1S/C30H27NO4S/c1-3-35-30(32)28-19-20-31(36(33,34)23-17-15-21(2)16-18-23)29(28)27-13-7-6-12-26(27)25-14-8-10-22-9-4-5-11-24(22)25/h4-19,29H,3,20H2,1-2H3/t29-/m1/s1. The van der Waals surface area contributed by atoms with E-state index in [1.807, 2.05) is 55.5 Å². The van der Waals surface area contributed by atoms with Crippen molar-refractivity contribution in [3.05, 3.63) is 114 Å². The zero-order valence-electron chi connectivity index (χ0n) is 20.2. The topological polar surface area (TPSA) is 63.7 Å². The number of nitrogens with zero attached hydrogens (tertiary/aromatic N) is 1. The maximum absolute atomic E-state index is 13.9. The molecule has 4 aromatic rings. The second kappa shape index (κ2) is 9.72. The van der Waals surface area contributed by atoms with Gasteiger partial charge in [0.1, 0.15) is 0 Å². The van der Waals surface area contributed by atoms with Gasteiger partial charge in [0.2, 0.25) is 10.0 Å². The summed E-state index contributed by atoms with van der Waals surface area (Å²) >= 11 is 0. The summed E-state index contributed by atoms with van der Waals surface area (Å²) in [6, 6.07) is 27.8. The molecule has 36 heavy (non-hydrogen) atoms. The highest BCUT2D eigenvalue weighted by Gasteiger charge is 2.42. The van der Waals surface area contributed by atoms with E-state index in [4.69, 9.17) is 4.74 Å². The Hall–Kier alpha value is -3.74. The molecule has 0 N–H and O–H groups in total. The molecule has 0 spiro atoms. The maximum atomic E-state index is 13.9. The predicted molar refractivity (Wildman–Crippen MR) is 142 cm³/mol. The Kier molecular flexibility index (Phi) is 6.48. The van der Waals surface area contributed by atoms with E-state index < -0.39 is 22.0 Å². The van der Waals surface area contributed by atoms with Crippen molar-refractivity contribution in [1.82, 2.24) is 4.31 Å². The normalized spacial score (nSPS) is 16.2. The monoisotopic (exact) mass is 497 g/mol. The van der Waals surface area contributed by atoms with Gasteiger partial charge in [0.05, 0.1) is 23.1 Å². The van der Waals surface area contributed by atoms with E-state index in [0.717, 1.165) is 33.0 Å². The number of esters is 1. The third kappa shape index (κ3) is 4.23. The van der Waals surface area contributed by atoms with Crippen LogP contribution in [-0.2, 0) is 19.6 Å². The molecule has 4 aromatic carbocycles. The molecule has 0 amide bonds. The molecule has 6 heteroatoms. The molecule has 0 aliphatic carbocycles. The fraction of sp³-hybridized carbons (Fsp3) is 0.167. The van der Waals surface area contributed by atoms with Crippen LogP contribution in [0.25, 0.3) is 21.9 Å². The fourth-order valence-electron chi connectivity index (χ4n) is 4.82. The Morgan fingerprint density at radius 2 is 1.56 bits per heavy atom. The lowest BCUT2D eigenvalue weighted by molar-refractivity contribution is -0.138. The third-order valence-corrected chi connectivity index (χ3v) is 8.39. The van der Waals surface area contributed by atoms with E-state index in [1.54, 1.807) is 37.3 Å². The number of hydrogen-bond acceptors (Lipinski definition) is 4. The number of carbonyl (C=O) groups excluding carboxylic acids is 1. The summed E-state index contributed by atoms with van der Waals surface area (Å²) in [5.74, 6) is -0.503. The first kappa shape index (κ1) is 24.0. The van der Waals surface area contributed by atoms with Crippen LogP contribution in [0, 0.1) is 6.92 Å². The lowest BCUT2D eigenvalue weighted by atomic mass is 9.89. The minimum Gasteiger partial charge on any atom is -0.463 e. The van der Waals surface area contributed by atoms with Gasteiger partial charge in [-0.3, -0.25) is 0 Å². The number of ether oxygens (including phenoxy) is 1. The van der Waals surface area contributed by atoms with E-state index >= 15 is 0 Å². The molecule has 1 heterocycles. The number of benzene rings is 4. The molecular weight excluding hydrogens is 470 g/mol. The van der Waals surface area contributed by atoms with Crippen LogP contribution in [0.4, 0.5) is 0 Å². The van der Waals surface area contributed by atoms with Gasteiger partial charge in [0.15, 0.2) is 0 Å². The van der Waals surface area contributed by atoms with Crippen LogP contribution in [0.2, 0.25) is 0 Å². The summed E-state index contributed by atoms with van der Waals surface area (Å²) in [6.07, 6.45) is 1.67. The third-order valence-electron chi connectivity index (χ3n) is 6.55. The zero-order valence-corrected chi connectivity index (χ0v) is 21.0. The van der Waals surface area contributed by atoms with Crippen molar-refractivity contribution in [1.29, 1.82) is 0 Å². The molecule has 182 valence electrons. The van der Waals surface area contributed by atoms with Gasteiger partial charge in [-0.05, 0) is 53.4 Å². The van der Waals surface area contributed by atoms with Gasteiger partial charge in [-0.25, -0.2) is 13.2 Å². The van der Waals surface area contributed by atoms with Crippen molar-refractivity contribution in [3.63, 3.8) is 0 Å². The lowest BCUT2D eigenvalue weighted by Crippen LogP contribution is -2.33. The largest absolute Gasteiger partial charge is 0.463 e. The van der Waals surface area contributed by atoms with Crippen LogP contribution >= 0.6 is 0 Å². The molecule has 5 nitrogen and oxygen atoms in total. The summed E-state index contributed by atoms with van der Waals surface area (Å²) in [4.78, 5) is 13.2. The highest BCUT2D eigenvalue weighted by molar-refractivity contribution is 7.89. The summed E-state index contributed by atoms with van der Waals surface area (Å²) in [5, 5.41) is 2.14. The average Bonchev–Trinajstić information content (AvgIpc) is 3.35. The molecule has 0 saturated carbocycles. The van der Waals surface area contributed by atoms with Gasteiger partial charge in [-0.15, -0.1) is 0 Å². The summed E-state index contributed by atoms with van der Waals surface area (Å²) < 4.78 is 34.5. The second-order valence-electron chi connectivity index (χ2n) is 8.78. The van der Waals surface area contributed by atoms with Gasteiger partial charge in [-0.1, -0.05) is 90.5 Å². The maximum Gasteiger partial charge on any atom is 0.335 e. The minimum atomic E-state index is -3.90. The zero-order chi connectivity index (χ0) is 25.3. The molecule has 0 aromatic heterocycles. The van der Waals surface area contributed by atoms with E-state index in [-0.39, 0.29) is 18.0 Å². The molecule has 5 rings (SSSR count). The molecule has 0 radical (unpaired) electrons. The van der Waals surface area contributed by atoms with Gasteiger partial charge >= 0.3 is 5.97 Å². The van der Waals surface area contributed by atoms with Gasteiger partial charge in [0.25, 0.3) is 0 Å². The Morgan fingerprint density at radius 1 is 0.889 bits per heavy atom. The van der Waals surface area contributed by atoms with Crippen molar-refractivity contribution in [3.8, 4) is 11.1 Å². The van der Waals surface area contributed by atoms with Crippen molar-refractivity contribution in [2.75, 3.05) is 13.2 Å². The molecule has 0 fully saturated rings. The van der Waals surface area contributed by atoms with Gasteiger partial charge in [-0.2, -0.15) is 4.31 Å². The lowest BCUT2D eigenvalue weighted by Gasteiger charge is -2.28. The molecule has 1 aliphatic heterocycles. The smallest absolute Gasteiger partial charge is 0.335 e. The highest BCUT2D eigenvalue weighted by Crippen LogP contribution is 2.43. The van der Waals surface area contributed by atoms with E-state index in [2.05, 4.69) is 18.2 Å². The minimum absolute atomic E-state index is 0.0822. The average molecular weight is 498 g/mol. The number of carbonyl (C=O) groups is 1. The van der Waals surface area contributed by atoms with E-state index in [0.29, 0.717) is 5.57 Å². The predicted octanol–water partition coefficient (Wildman–Crippen LogP) is 6.05. The first-order valence-corrected chi connectivity index (χ1v) is 13.4. The summed E-state index contributed by atoms with van der Waals surface area (Å²) in [5.41, 5.74) is 3.90. The highest BCUT2D eigenvalue weighted by atomic mass is 32.2. The van der Waals surface area contributed by atoms with E-state index in [1.165, 1.54) is 4.31 Å². The second-order valence-corrected chi connectivity index (χ2v) is 10.7. The van der Waals surface area contributed by atoms with Crippen LogP contribution in [0.3, 0.4) is 0 Å². The number of hydrogen-bond donors (Lipinski definition) is 0. The SMILES string of the molecule is CCOC(=O)C1=CCN(S(=O)(=O)c2ccc(C)cc2)[C@@H]1c1ccccc1-c1cccc2ccccc12.